The number of rotatable bonds is 4. The molecule has 26 heavy (non-hydrogen) atoms. The molecule has 4 nitrogen and oxygen atoms in total. The van der Waals surface area contributed by atoms with Gasteiger partial charge < -0.3 is 4.74 Å². The lowest BCUT2D eigenvalue weighted by Crippen LogP contribution is -2.18. The Bertz CT molecular complexity index is 977. The van der Waals surface area contributed by atoms with Gasteiger partial charge in [-0.3, -0.25) is 5.32 Å². The third kappa shape index (κ3) is 3.91. The summed E-state index contributed by atoms with van der Waals surface area (Å²) >= 11 is 0. The van der Waals surface area contributed by atoms with Crippen molar-refractivity contribution in [3.8, 4) is 11.1 Å². The summed E-state index contributed by atoms with van der Waals surface area (Å²) in [7, 11) is 0. The Labute approximate surface area is 153 Å². The normalized spacial score (nSPS) is 10.8. The van der Waals surface area contributed by atoms with Crippen LogP contribution in [0.4, 0.5) is 10.6 Å². The molecule has 132 valence electrons. The van der Waals surface area contributed by atoms with E-state index in [1.165, 1.54) is 11.1 Å². The first-order valence-corrected chi connectivity index (χ1v) is 8.57. The van der Waals surface area contributed by atoms with Gasteiger partial charge in [0.05, 0.1) is 6.10 Å². The van der Waals surface area contributed by atoms with Gasteiger partial charge in [0.25, 0.3) is 0 Å². The highest BCUT2D eigenvalue weighted by Gasteiger charge is 2.08. The number of benzene rings is 2. The lowest BCUT2D eigenvalue weighted by Gasteiger charge is -2.11. The van der Waals surface area contributed by atoms with E-state index in [0.29, 0.717) is 5.82 Å². The Kier molecular flexibility index (Phi) is 5.03. The van der Waals surface area contributed by atoms with E-state index in [1.54, 1.807) is 20.0 Å². The molecule has 0 aliphatic carbocycles. The van der Waals surface area contributed by atoms with Gasteiger partial charge in [-0.05, 0) is 66.6 Å². The van der Waals surface area contributed by atoms with Crippen LogP contribution in [0.3, 0.4) is 0 Å². The van der Waals surface area contributed by atoms with Crippen molar-refractivity contribution in [2.45, 2.75) is 26.9 Å². The highest BCUT2D eigenvalue weighted by atomic mass is 16.6. The minimum Gasteiger partial charge on any atom is -0.447 e. The average molecular weight is 346 g/mol. The van der Waals surface area contributed by atoms with Crippen LogP contribution in [-0.2, 0) is 4.74 Å². The number of hydrogen-bond donors (Lipinski definition) is 1. The highest BCUT2D eigenvalue weighted by molar-refractivity contribution is 5.91. The first-order chi connectivity index (χ1) is 12.5. The number of hydrogen-bond acceptors (Lipinski definition) is 3. The highest BCUT2D eigenvalue weighted by Crippen LogP contribution is 2.28. The van der Waals surface area contributed by atoms with Crippen molar-refractivity contribution in [1.82, 2.24) is 4.98 Å². The number of pyridine rings is 1. The zero-order valence-electron chi connectivity index (χ0n) is 15.2. The minimum atomic E-state index is -0.500. The quantitative estimate of drug-likeness (QED) is 0.648. The third-order valence-corrected chi connectivity index (χ3v) is 4.10. The molecule has 2 aromatic carbocycles. The van der Waals surface area contributed by atoms with E-state index in [2.05, 4.69) is 54.1 Å². The molecule has 3 aromatic rings. The Hall–Kier alpha value is -3.14. The second kappa shape index (κ2) is 7.40. The molecular weight excluding hydrogens is 324 g/mol. The number of carbonyl (C=O) groups is 1. The summed E-state index contributed by atoms with van der Waals surface area (Å²) in [5.74, 6) is 0.473. The summed E-state index contributed by atoms with van der Waals surface area (Å²) < 4.78 is 5.08. The number of aryl methyl sites for hydroxylation is 1. The first kappa shape index (κ1) is 17.7. The predicted molar refractivity (Wildman–Crippen MR) is 107 cm³/mol. The Morgan fingerprint density at radius 1 is 1.15 bits per heavy atom. The molecule has 0 saturated heterocycles. The third-order valence-electron chi connectivity index (χ3n) is 4.10. The maximum atomic E-state index is 11.7. The summed E-state index contributed by atoms with van der Waals surface area (Å²) in [5, 5.41) is 4.66. The van der Waals surface area contributed by atoms with Gasteiger partial charge in [0.1, 0.15) is 5.82 Å². The molecule has 0 bridgehead atoms. The second-order valence-electron chi connectivity index (χ2n) is 6.49. The largest absolute Gasteiger partial charge is 0.447 e. The summed E-state index contributed by atoms with van der Waals surface area (Å²) in [4.78, 5) is 16.0. The number of ether oxygens (including phenoxy) is 1. The van der Waals surface area contributed by atoms with Crippen LogP contribution in [0, 0.1) is 6.92 Å². The van der Waals surface area contributed by atoms with Gasteiger partial charge in [-0.1, -0.05) is 36.9 Å². The fraction of sp³-hybridized carbons (Fsp3) is 0.182. The lowest BCUT2D eigenvalue weighted by atomic mass is 9.96. The molecule has 4 heteroatoms. The van der Waals surface area contributed by atoms with Crippen molar-refractivity contribution in [3.05, 3.63) is 66.4 Å². The lowest BCUT2D eigenvalue weighted by molar-refractivity contribution is 0.130. The Morgan fingerprint density at radius 3 is 2.69 bits per heavy atom. The second-order valence-corrected chi connectivity index (χ2v) is 6.49. The van der Waals surface area contributed by atoms with Crippen molar-refractivity contribution >= 4 is 28.8 Å². The molecule has 1 amide bonds. The Balaban J connectivity index is 1.92. The number of aromatic nitrogens is 1. The van der Waals surface area contributed by atoms with Crippen LogP contribution in [0.5, 0.6) is 0 Å². The topological polar surface area (TPSA) is 51.2 Å². The summed E-state index contributed by atoms with van der Waals surface area (Å²) in [5.41, 5.74) is 4.59. The van der Waals surface area contributed by atoms with Crippen LogP contribution in [0.1, 0.15) is 25.0 Å². The molecule has 0 unspecified atom stereocenters. The summed E-state index contributed by atoms with van der Waals surface area (Å²) in [6.07, 6.45) is 2.93. The minimum absolute atomic E-state index is 0.174. The van der Waals surface area contributed by atoms with Crippen LogP contribution < -0.4 is 5.32 Å². The summed E-state index contributed by atoms with van der Waals surface area (Å²) in [6, 6.07) is 14.3. The van der Waals surface area contributed by atoms with E-state index < -0.39 is 6.09 Å². The van der Waals surface area contributed by atoms with Crippen LogP contribution in [0.15, 0.2) is 55.2 Å². The smallest absolute Gasteiger partial charge is 0.413 e. The van der Waals surface area contributed by atoms with Gasteiger partial charge >= 0.3 is 6.09 Å². The SMILES string of the molecule is C=Cc1ccc(C)c(-c2ccc3cc(NC(=O)OC(C)C)ncc3c2)c1. The van der Waals surface area contributed by atoms with Crippen LogP contribution in [-0.4, -0.2) is 17.2 Å². The van der Waals surface area contributed by atoms with Crippen LogP contribution >= 0.6 is 0 Å². The molecule has 1 heterocycles. The van der Waals surface area contributed by atoms with E-state index in [4.69, 9.17) is 4.74 Å². The van der Waals surface area contributed by atoms with E-state index in [0.717, 1.165) is 21.9 Å². The number of nitrogens with one attached hydrogen (secondary N) is 1. The number of amides is 1. The number of nitrogens with zero attached hydrogens (tertiary/aromatic N) is 1. The number of carbonyl (C=O) groups excluding carboxylic acids is 1. The molecule has 0 saturated carbocycles. The van der Waals surface area contributed by atoms with E-state index in [-0.39, 0.29) is 6.10 Å². The molecule has 0 aliphatic rings. The fourth-order valence-electron chi connectivity index (χ4n) is 2.80. The predicted octanol–water partition coefficient (Wildman–Crippen LogP) is 5.81. The van der Waals surface area contributed by atoms with E-state index in [9.17, 15) is 4.79 Å². The van der Waals surface area contributed by atoms with Crippen molar-refractivity contribution in [1.29, 1.82) is 0 Å². The van der Waals surface area contributed by atoms with Crippen LogP contribution in [0.2, 0.25) is 0 Å². The van der Waals surface area contributed by atoms with Gasteiger partial charge in [-0.15, -0.1) is 0 Å². The Morgan fingerprint density at radius 2 is 1.96 bits per heavy atom. The maximum absolute atomic E-state index is 11.7. The molecular formula is C22H22N2O2. The number of anilines is 1. The van der Waals surface area contributed by atoms with Gasteiger partial charge in [0.2, 0.25) is 0 Å². The van der Waals surface area contributed by atoms with Gasteiger partial charge in [0, 0.05) is 11.6 Å². The maximum Gasteiger partial charge on any atom is 0.413 e. The van der Waals surface area contributed by atoms with E-state index in [1.807, 2.05) is 18.2 Å². The molecule has 0 aliphatic heterocycles. The number of fused-ring (bicyclic) bond motifs is 1. The molecule has 1 N–H and O–H groups in total. The van der Waals surface area contributed by atoms with Gasteiger partial charge in [0.15, 0.2) is 0 Å². The standard InChI is InChI=1S/C22H22N2O2/c1-5-16-7-6-15(4)20(10-16)18-9-8-17-12-21(23-13-19(17)11-18)24-22(25)26-14(2)3/h5-14H,1H2,2-4H3,(H,23,24,25). The molecule has 1 aromatic heterocycles. The first-order valence-electron chi connectivity index (χ1n) is 8.57. The van der Waals surface area contributed by atoms with E-state index >= 15 is 0 Å². The van der Waals surface area contributed by atoms with Crippen molar-refractivity contribution in [3.63, 3.8) is 0 Å². The van der Waals surface area contributed by atoms with Crippen molar-refractivity contribution < 1.29 is 9.53 Å². The molecule has 0 spiro atoms. The zero-order chi connectivity index (χ0) is 18.7. The van der Waals surface area contributed by atoms with Gasteiger partial charge in [-0.25, -0.2) is 9.78 Å². The van der Waals surface area contributed by atoms with Crippen molar-refractivity contribution in [2.75, 3.05) is 5.32 Å². The molecule has 0 fully saturated rings. The summed E-state index contributed by atoms with van der Waals surface area (Å²) in [6.45, 7) is 9.54. The van der Waals surface area contributed by atoms with Gasteiger partial charge in [-0.2, -0.15) is 0 Å². The molecule has 3 rings (SSSR count). The van der Waals surface area contributed by atoms with Crippen molar-refractivity contribution in [2.24, 2.45) is 0 Å². The monoisotopic (exact) mass is 346 g/mol. The molecule has 0 atom stereocenters. The average Bonchev–Trinajstić information content (AvgIpc) is 2.61. The molecule has 0 radical (unpaired) electrons. The fourth-order valence-corrected chi connectivity index (χ4v) is 2.80. The van der Waals surface area contributed by atoms with Crippen LogP contribution in [0.25, 0.3) is 28.0 Å². The zero-order valence-corrected chi connectivity index (χ0v) is 15.2.